The van der Waals surface area contributed by atoms with E-state index in [4.69, 9.17) is 11.6 Å². The van der Waals surface area contributed by atoms with E-state index in [1.165, 1.54) is 10.4 Å². The van der Waals surface area contributed by atoms with Crippen LogP contribution in [0.1, 0.15) is 22.3 Å². The van der Waals surface area contributed by atoms with Gasteiger partial charge in [0.25, 0.3) is 5.91 Å². The Kier molecular flexibility index (Phi) is 6.95. The second kappa shape index (κ2) is 9.28. The number of nitrogens with zero attached hydrogens (tertiary/aromatic N) is 2. The molecule has 1 fully saturated rings. The second-order valence-electron chi connectivity index (χ2n) is 6.89. The monoisotopic (exact) mass is 458 g/mol. The summed E-state index contributed by atoms with van der Waals surface area (Å²) >= 11 is 5.90. The van der Waals surface area contributed by atoms with E-state index in [0.29, 0.717) is 18.5 Å². The molecule has 0 radical (unpaired) electrons. The van der Waals surface area contributed by atoms with Crippen LogP contribution in [0.25, 0.3) is 0 Å². The zero-order valence-electron chi connectivity index (χ0n) is 16.2. The Morgan fingerprint density at radius 2 is 1.87 bits per heavy atom. The van der Waals surface area contributed by atoms with Gasteiger partial charge in [0.05, 0.1) is 9.92 Å². The topological polar surface area (TPSA) is 66.9 Å². The predicted octanol–water partition coefficient (Wildman–Crippen LogP) is 3.79. The summed E-state index contributed by atoms with van der Waals surface area (Å²) in [5.74, 6) is -0.439. The maximum absolute atomic E-state index is 13.0. The van der Waals surface area contributed by atoms with Gasteiger partial charge in [-0.2, -0.15) is 13.1 Å². The lowest BCUT2D eigenvalue weighted by Gasteiger charge is -2.22. The van der Waals surface area contributed by atoms with Gasteiger partial charge in [0.2, 0.25) is 10.0 Å². The first kappa shape index (κ1) is 22.5. The zero-order chi connectivity index (χ0) is 21.9. The third-order valence-corrected chi connectivity index (χ3v) is 6.95. The van der Waals surface area contributed by atoms with Gasteiger partial charge >= 0.3 is 6.61 Å². The Morgan fingerprint density at radius 1 is 1.10 bits per heavy atom. The molecule has 6 nitrogen and oxygen atoms in total. The van der Waals surface area contributed by atoms with Crippen molar-refractivity contribution in [2.45, 2.75) is 24.9 Å². The van der Waals surface area contributed by atoms with E-state index in [9.17, 15) is 22.0 Å². The number of aryl methyl sites for hydroxylation is 1. The van der Waals surface area contributed by atoms with E-state index in [0.717, 1.165) is 17.7 Å². The van der Waals surface area contributed by atoms with Crippen LogP contribution in [0.5, 0.6) is 5.75 Å². The number of amides is 1. The maximum Gasteiger partial charge on any atom is 0.387 e. The highest BCUT2D eigenvalue weighted by Gasteiger charge is 2.29. The number of alkyl halides is 2. The minimum atomic E-state index is -3.91. The van der Waals surface area contributed by atoms with Crippen LogP contribution in [-0.2, 0) is 10.0 Å². The van der Waals surface area contributed by atoms with Crippen LogP contribution in [0, 0.1) is 6.92 Å². The highest BCUT2D eigenvalue weighted by atomic mass is 35.5. The van der Waals surface area contributed by atoms with Gasteiger partial charge in [0.1, 0.15) is 5.75 Å². The second-order valence-corrected chi connectivity index (χ2v) is 9.24. The third-order valence-electron chi connectivity index (χ3n) is 4.76. The van der Waals surface area contributed by atoms with Crippen LogP contribution in [0.4, 0.5) is 8.78 Å². The van der Waals surface area contributed by atoms with E-state index in [1.807, 2.05) is 19.1 Å². The highest BCUT2D eigenvalue weighted by Crippen LogP contribution is 2.30. The van der Waals surface area contributed by atoms with Crippen LogP contribution < -0.4 is 4.74 Å². The van der Waals surface area contributed by atoms with Gasteiger partial charge in [-0.05, 0) is 43.7 Å². The van der Waals surface area contributed by atoms with E-state index in [1.54, 1.807) is 17.0 Å². The molecule has 1 amide bonds. The van der Waals surface area contributed by atoms with Gasteiger partial charge in [-0.25, -0.2) is 8.42 Å². The van der Waals surface area contributed by atoms with Crippen LogP contribution in [0.15, 0.2) is 47.4 Å². The zero-order valence-corrected chi connectivity index (χ0v) is 17.8. The largest absolute Gasteiger partial charge is 0.433 e. The maximum atomic E-state index is 13.0. The van der Waals surface area contributed by atoms with Gasteiger partial charge in [0.15, 0.2) is 0 Å². The molecule has 1 saturated heterocycles. The summed E-state index contributed by atoms with van der Waals surface area (Å²) in [6, 6.07) is 10.6. The van der Waals surface area contributed by atoms with E-state index < -0.39 is 16.6 Å². The van der Waals surface area contributed by atoms with Crippen molar-refractivity contribution in [2.24, 2.45) is 0 Å². The predicted molar refractivity (Wildman–Crippen MR) is 109 cm³/mol. The number of ether oxygens (including phenoxy) is 1. The molecule has 10 heteroatoms. The lowest BCUT2D eigenvalue weighted by molar-refractivity contribution is -0.0498. The first-order chi connectivity index (χ1) is 14.2. The van der Waals surface area contributed by atoms with Crippen molar-refractivity contribution in [3.8, 4) is 5.75 Å². The van der Waals surface area contributed by atoms with E-state index in [2.05, 4.69) is 4.74 Å². The summed E-state index contributed by atoms with van der Waals surface area (Å²) in [4.78, 5) is 14.3. The van der Waals surface area contributed by atoms with Crippen molar-refractivity contribution in [2.75, 3.05) is 26.2 Å². The van der Waals surface area contributed by atoms with E-state index >= 15 is 0 Å². The Balaban J connectivity index is 1.74. The molecular formula is C20H21ClF2N2O4S. The van der Waals surface area contributed by atoms with E-state index in [-0.39, 0.29) is 41.2 Å². The lowest BCUT2D eigenvalue weighted by atomic mass is 10.1. The molecule has 3 rings (SSSR count). The summed E-state index contributed by atoms with van der Waals surface area (Å²) in [5.41, 5.74) is 1.53. The molecule has 1 aliphatic heterocycles. The minimum absolute atomic E-state index is 0.118. The molecule has 0 bridgehead atoms. The fourth-order valence-electron chi connectivity index (χ4n) is 3.28. The normalized spacial score (nSPS) is 15.8. The number of carbonyl (C=O) groups is 1. The van der Waals surface area contributed by atoms with Crippen LogP contribution in [0.2, 0.25) is 5.02 Å². The third kappa shape index (κ3) is 5.08. The number of sulfonamides is 1. The fourth-order valence-corrected chi connectivity index (χ4v) is 5.07. The van der Waals surface area contributed by atoms with Crippen LogP contribution >= 0.6 is 11.6 Å². The van der Waals surface area contributed by atoms with Crippen molar-refractivity contribution >= 4 is 27.5 Å². The molecule has 0 N–H and O–H groups in total. The van der Waals surface area contributed by atoms with Crippen molar-refractivity contribution in [1.82, 2.24) is 9.21 Å². The van der Waals surface area contributed by atoms with Gasteiger partial charge < -0.3 is 9.64 Å². The van der Waals surface area contributed by atoms with Crippen molar-refractivity contribution < 1.29 is 26.7 Å². The summed E-state index contributed by atoms with van der Waals surface area (Å²) in [5, 5.41) is -0.220. The molecule has 0 spiro atoms. The summed E-state index contributed by atoms with van der Waals surface area (Å²) < 4.78 is 56.3. The molecule has 0 unspecified atom stereocenters. The molecule has 0 aromatic heterocycles. The van der Waals surface area contributed by atoms with Gasteiger partial charge in [0, 0.05) is 31.7 Å². The van der Waals surface area contributed by atoms with Gasteiger partial charge in [-0.3, -0.25) is 4.79 Å². The van der Waals surface area contributed by atoms with Gasteiger partial charge in [-0.15, -0.1) is 0 Å². The standard InChI is InChI=1S/C20H21ClF2N2O4S/c1-14-4-2-5-15(12-14)19(26)24-8-3-9-25(11-10-24)30(27,28)16-6-7-18(17(21)13-16)29-20(22)23/h2,4-7,12-13,20H,3,8-11H2,1H3. The van der Waals surface area contributed by atoms with Crippen molar-refractivity contribution in [3.63, 3.8) is 0 Å². The minimum Gasteiger partial charge on any atom is -0.433 e. The first-order valence-corrected chi connectivity index (χ1v) is 11.1. The summed E-state index contributed by atoms with van der Waals surface area (Å²) in [6.45, 7) is -0.143. The fraction of sp³-hybridized carbons (Fsp3) is 0.350. The molecular weight excluding hydrogens is 438 g/mol. The molecule has 30 heavy (non-hydrogen) atoms. The summed E-state index contributed by atoms with van der Waals surface area (Å²) in [7, 11) is -3.91. The molecule has 1 aliphatic rings. The number of carbonyl (C=O) groups excluding carboxylic acids is 1. The Labute approximate surface area is 179 Å². The number of halogens is 3. The molecule has 0 atom stereocenters. The average Bonchev–Trinajstić information content (AvgIpc) is 2.95. The number of benzene rings is 2. The summed E-state index contributed by atoms with van der Waals surface area (Å²) in [6.07, 6.45) is 0.469. The smallest absolute Gasteiger partial charge is 0.387 e. The first-order valence-electron chi connectivity index (χ1n) is 9.29. The van der Waals surface area contributed by atoms with Crippen LogP contribution in [-0.4, -0.2) is 56.3 Å². The van der Waals surface area contributed by atoms with Crippen LogP contribution in [0.3, 0.4) is 0 Å². The number of hydrogen-bond acceptors (Lipinski definition) is 4. The average molecular weight is 459 g/mol. The number of hydrogen-bond donors (Lipinski definition) is 0. The van der Waals surface area contributed by atoms with Crippen molar-refractivity contribution in [1.29, 1.82) is 0 Å². The molecule has 1 heterocycles. The molecule has 0 aliphatic carbocycles. The Morgan fingerprint density at radius 3 is 2.53 bits per heavy atom. The van der Waals surface area contributed by atoms with Gasteiger partial charge in [-0.1, -0.05) is 29.3 Å². The Bertz CT molecular complexity index is 1030. The SMILES string of the molecule is Cc1cccc(C(=O)N2CCCN(S(=O)(=O)c3ccc(OC(F)F)c(Cl)c3)CC2)c1. The molecule has 2 aromatic carbocycles. The molecule has 2 aromatic rings. The quantitative estimate of drug-likeness (QED) is 0.683. The molecule has 0 saturated carbocycles. The Hall–Kier alpha value is -2.23. The lowest BCUT2D eigenvalue weighted by Crippen LogP contribution is -2.37. The van der Waals surface area contributed by atoms with Crippen molar-refractivity contribution in [3.05, 3.63) is 58.6 Å². The highest BCUT2D eigenvalue weighted by molar-refractivity contribution is 7.89. The number of rotatable bonds is 5. The molecule has 162 valence electrons.